The van der Waals surface area contributed by atoms with Crippen LogP contribution >= 0.6 is 0 Å². The van der Waals surface area contributed by atoms with E-state index in [1.165, 1.54) is 0 Å². The molecule has 1 aliphatic heterocycles. The van der Waals surface area contributed by atoms with E-state index in [4.69, 9.17) is 9.47 Å². The van der Waals surface area contributed by atoms with Crippen molar-refractivity contribution in [1.29, 1.82) is 0 Å². The van der Waals surface area contributed by atoms with Crippen molar-refractivity contribution in [2.75, 3.05) is 26.6 Å². The van der Waals surface area contributed by atoms with Crippen LogP contribution < -0.4 is 14.2 Å². The van der Waals surface area contributed by atoms with Crippen LogP contribution in [0, 0.1) is 0 Å². The van der Waals surface area contributed by atoms with E-state index < -0.39 is 10.0 Å². The summed E-state index contributed by atoms with van der Waals surface area (Å²) in [6, 6.07) is 5.51. The lowest BCUT2D eigenvalue weighted by atomic mass is 10.2. The molecule has 1 aliphatic rings. The third-order valence-corrected chi connectivity index (χ3v) is 3.71. The molecule has 0 bridgehead atoms. The lowest BCUT2D eigenvalue weighted by molar-refractivity contribution is -0.130. The predicted molar refractivity (Wildman–Crippen MR) is 76.5 cm³/mol. The molecule has 0 fully saturated rings. The lowest BCUT2D eigenvalue weighted by Crippen LogP contribution is -2.31. The molecule has 2 rings (SSSR count). The van der Waals surface area contributed by atoms with Crippen LogP contribution in [0.5, 0.6) is 11.5 Å². The Balaban J connectivity index is 1.86. The van der Waals surface area contributed by atoms with Gasteiger partial charge in [-0.1, -0.05) is 6.07 Å². The molecule has 8 heteroatoms. The Hall–Kier alpha value is -1.80. The zero-order valence-corrected chi connectivity index (χ0v) is 12.8. The number of ether oxygens (including phenoxy) is 2. The predicted octanol–water partition coefficient (Wildman–Crippen LogP) is 0.313. The maximum atomic E-state index is 11.9. The van der Waals surface area contributed by atoms with Crippen molar-refractivity contribution < 1.29 is 22.7 Å². The van der Waals surface area contributed by atoms with E-state index in [0.717, 1.165) is 11.8 Å². The van der Waals surface area contributed by atoms with Gasteiger partial charge in [0.05, 0.1) is 6.26 Å². The number of hydrogen-bond donors (Lipinski definition) is 1. The Bertz CT molecular complexity index is 629. The molecule has 21 heavy (non-hydrogen) atoms. The minimum Gasteiger partial charge on any atom is -0.454 e. The molecule has 0 saturated carbocycles. The Labute approximate surface area is 123 Å². The lowest BCUT2D eigenvalue weighted by Gasteiger charge is -2.17. The number of carbonyl (C=O) groups excluding carboxylic acids is 1. The second kappa shape index (κ2) is 6.31. The van der Waals surface area contributed by atoms with Crippen LogP contribution in [0.4, 0.5) is 0 Å². The molecule has 0 aliphatic carbocycles. The highest BCUT2D eigenvalue weighted by Crippen LogP contribution is 2.32. The molecule has 1 aromatic rings. The van der Waals surface area contributed by atoms with Gasteiger partial charge in [-0.2, -0.15) is 0 Å². The summed E-state index contributed by atoms with van der Waals surface area (Å²) in [4.78, 5) is 13.4. The van der Waals surface area contributed by atoms with Crippen LogP contribution in [0.1, 0.15) is 12.0 Å². The van der Waals surface area contributed by atoms with Crippen LogP contribution in [0.25, 0.3) is 0 Å². The summed E-state index contributed by atoms with van der Waals surface area (Å²) >= 11 is 0. The van der Waals surface area contributed by atoms with E-state index >= 15 is 0 Å². The van der Waals surface area contributed by atoms with Gasteiger partial charge in [0.15, 0.2) is 11.5 Å². The first-order valence-corrected chi connectivity index (χ1v) is 8.31. The van der Waals surface area contributed by atoms with Crippen molar-refractivity contribution >= 4 is 15.9 Å². The molecular formula is C13H18N2O5S. The van der Waals surface area contributed by atoms with E-state index in [2.05, 4.69) is 4.72 Å². The Morgan fingerprint density at radius 3 is 2.76 bits per heavy atom. The summed E-state index contributed by atoms with van der Waals surface area (Å²) in [5.74, 6) is 1.24. The van der Waals surface area contributed by atoms with Crippen molar-refractivity contribution in [2.45, 2.75) is 13.0 Å². The molecule has 7 nitrogen and oxygen atoms in total. The van der Waals surface area contributed by atoms with Crippen molar-refractivity contribution in [3.8, 4) is 11.5 Å². The fraction of sp³-hybridized carbons (Fsp3) is 0.462. The fourth-order valence-corrected chi connectivity index (χ4v) is 2.41. The van der Waals surface area contributed by atoms with E-state index in [9.17, 15) is 13.2 Å². The maximum absolute atomic E-state index is 11.9. The minimum absolute atomic E-state index is 0.100. The van der Waals surface area contributed by atoms with Gasteiger partial charge < -0.3 is 14.4 Å². The van der Waals surface area contributed by atoms with Gasteiger partial charge in [0.1, 0.15) is 0 Å². The second-order valence-corrected chi connectivity index (χ2v) is 6.69. The largest absolute Gasteiger partial charge is 0.454 e. The van der Waals surface area contributed by atoms with Gasteiger partial charge in [-0.25, -0.2) is 13.1 Å². The molecule has 0 unspecified atom stereocenters. The highest BCUT2D eigenvalue weighted by Gasteiger charge is 2.15. The van der Waals surface area contributed by atoms with Gasteiger partial charge in [0.2, 0.25) is 22.7 Å². The minimum atomic E-state index is -3.26. The molecule has 0 saturated heterocycles. The summed E-state index contributed by atoms with van der Waals surface area (Å²) in [6.45, 7) is 0.738. The zero-order valence-electron chi connectivity index (χ0n) is 12.0. The van der Waals surface area contributed by atoms with Gasteiger partial charge >= 0.3 is 0 Å². The van der Waals surface area contributed by atoms with Gasteiger partial charge in [0.25, 0.3) is 0 Å². The van der Waals surface area contributed by atoms with Crippen molar-refractivity contribution in [3.63, 3.8) is 0 Å². The Morgan fingerprint density at radius 2 is 2.05 bits per heavy atom. The molecule has 1 amide bonds. The summed E-state index contributed by atoms with van der Waals surface area (Å²) in [5.41, 5.74) is 0.922. The van der Waals surface area contributed by atoms with Crippen LogP contribution in [-0.2, 0) is 21.4 Å². The number of fused-ring (bicyclic) bond motifs is 1. The monoisotopic (exact) mass is 314 g/mol. The third kappa shape index (κ3) is 4.61. The van der Waals surface area contributed by atoms with Gasteiger partial charge in [-0.15, -0.1) is 0 Å². The number of carbonyl (C=O) groups is 1. The number of sulfonamides is 1. The zero-order chi connectivity index (χ0) is 15.5. The van der Waals surface area contributed by atoms with E-state index in [1.54, 1.807) is 18.0 Å². The molecule has 1 heterocycles. The number of hydrogen-bond acceptors (Lipinski definition) is 5. The SMILES string of the molecule is CN(Cc1ccc2c(c1)OCO2)C(=O)CCNS(C)(=O)=O. The normalized spacial score (nSPS) is 13.2. The number of nitrogens with zero attached hydrogens (tertiary/aromatic N) is 1. The van der Waals surface area contributed by atoms with Gasteiger partial charge in [-0.3, -0.25) is 4.79 Å². The molecule has 1 aromatic carbocycles. The molecule has 116 valence electrons. The topological polar surface area (TPSA) is 84.9 Å². The van der Waals surface area contributed by atoms with Gasteiger partial charge in [-0.05, 0) is 17.7 Å². The van der Waals surface area contributed by atoms with Crippen LogP contribution in [0.2, 0.25) is 0 Å². The summed E-state index contributed by atoms with van der Waals surface area (Å²) in [7, 11) is -1.59. The van der Waals surface area contributed by atoms with Crippen LogP contribution in [0.3, 0.4) is 0 Å². The number of nitrogens with one attached hydrogen (secondary N) is 1. The van der Waals surface area contributed by atoms with E-state index in [0.29, 0.717) is 18.0 Å². The highest BCUT2D eigenvalue weighted by molar-refractivity contribution is 7.88. The molecule has 0 aromatic heterocycles. The van der Waals surface area contributed by atoms with Crippen LogP contribution in [-0.4, -0.2) is 45.9 Å². The highest BCUT2D eigenvalue weighted by atomic mass is 32.2. The fourth-order valence-electron chi connectivity index (χ4n) is 1.94. The Kier molecular flexibility index (Phi) is 4.69. The van der Waals surface area contributed by atoms with Crippen molar-refractivity contribution in [1.82, 2.24) is 9.62 Å². The second-order valence-electron chi connectivity index (χ2n) is 4.85. The smallest absolute Gasteiger partial charge is 0.231 e. The summed E-state index contributed by atoms with van der Waals surface area (Å²) < 4.78 is 34.6. The van der Waals surface area contributed by atoms with E-state index in [1.807, 2.05) is 12.1 Å². The first-order chi connectivity index (χ1) is 9.85. The standard InChI is InChI=1S/C13H18N2O5S/c1-15(13(16)5-6-14-21(2,17)18)8-10-3-4-11-12(7-10)20-9-19-11/h3-4,7,14H,5-6,8-9H2,1-2H3. The number of benzene rings is 1. The number of rotatable bonds is 6. The molecule has 0 radical (unpaired) electrons. The Morgan fingerprint density at radius 1 is 1.33 bits per heavy atom. The number of amides is 1. The quantitative estimate of drug-likeness (QED) is 0.817. The average molecular weight is 314 g/mol. The molecule has 0 atom stereocenters. The average Bonchev–Trinajstić information content (AvgIpc) is 2.84. The van der Waals surface area contributed by atoms with E-state index in [-0.39, 0.29) is 25.7 Å². The first-order valence-electron chi connectivity index (χ1n) is 6.42. The summed E-state index contributed by atoms with van der Waals surface area (Å²) in [6.07, 6.45) is 1.18. The van der Waals surface area contributed by atoms with Crippen molar-refractivity contribution in [3.05, 3.63) is 23.8 Å². The maximum Gasteiger partial charge on any atom is 0.231 e. The van der Waals surface area contributed by atoms with Gasteiger partial charge in [0, 0.05) is 26.6 Å². The summed E-state index contributed by atoms with van der Waals surface area (Å²) in [5, 5.41) is 0. The molecule has 1 N–H and O–H groups in total. The third-order valence-electron chi connectivity index (χ3n) is 2.99. The first kappa shape index (κ1) is 15.6. The van der Waals surface area contributed by atoms with Crippen LogP contribution in [0.15, 0.2) is 18.2 Å². The van der Waals surface area contributed by atoms with Crippen molar-refractivity contribution in [2.24, 2.45) is 0 Å². The molecule has 0 spiro atoms. The molecular weight excluding hydrogens is 296 g/mol.